The van der Waals surface area contributed by atoms with E-state index in [9.17, 15) is 9.90 Å². The van der Waals surface area contributed by atoms with Gasteiger partial charge in [-0.1, -0.05) is 44.2 Å². The van der Waals surface area contributed by atoms with Gasteiger partial charge in [0.2, 0.25) is 0 Å². The molecule has 0 saturated heterocycles. The lowest BCUT2D eigenvalue weighted by Gasteiger charge is -2.06. The van der Waals surface area contributed by atoms with Gasteiger partial charge in [0, 0.05) is 12.4 Å². The standard InChI is InChI=1S/C16H14N2O3.C2H6/c1-18-15(16(19)20)13-9-12(7-8-14(13)17-18)21-10-11-5-3-2-4-6-11;1-2/h2-9H,10H2,1H3,(H,19,20);1-2H3. The Hall–Kier alpha value is -2.82. The van der Waals surface area contributed by atoms with Gasteiger partial charge in [-0.05, 0) is 23.8 Å². The largest absolute Gasteiger partial charge is 0.489 e. The average Bonchev–Trinajstić information content (AvgIpc) is 2.91. The van der Waals surface area contributed by atoms with Crippen molar-refractivity contribution in [2.75, 3.05) is 0 Å². The summed E-state index contributed by atoms with van der Waals surface area (Å²) in [5, 5.41) is 14.0. The van der Waals surface area contributed by atoms with Crippen molar-refractivity contribution < 1.29 is 14.6 Å². The molecule has 3 rings (SSSR count). The van der Waals surface area contributed by atoms with Crippen LogP contribution in [0.4, 0.5) is 0 Å². The predicted molar refractivity (Wildman–Crippen MR) is 89.8 cm³/mol. The first-order valence-corrected chi connectivity index (χ1v) is 7.52. The van der Waals surface area contributed by atoms with Gasteiger partial charge in [0.1, 0.15) is 12.4 Å². The molecule has 0 amide bonds. The summed E-state index contributed by atoms with van der Waals surface area (Å²) in [7, 11) is 1.62. The summed E-state index contributed by atoms with van der Waals surface area (Å²) in [5.41, 5.74) is 1.86. The van der Waals surface area contributed by atoms with E-state index in [4.69, 9.17) is 4.74 Å². The van der Waals surface area contributed by atoms with Crippen molar-refractivity contribution in [3.63, 3.8) is 0 Å². The fraction of sp³-hybridized carbons (Fsp3) is 0.222. The summed E-state index contributed by atoms with van der Waals surface area (Å²) >= 11 is 0. The molecule has 1 aromatic heterocycles. The highest BCUT2D eigenvalue weighted by Gasteiger charge is 2.16. The van der Waals surface area contributed by atoms with Crippen molar-refractivity contribution >= 4 is 16.9 Å². The van der Waals surface area contributed by atoms with E-state index in [0.29, 0.717) is 23.3 Å². The highest BCUT2D eigenvalue weighted by molar-refractivity contribution is 6.01. The number of rotatable bonds is 4. The van der Waals surface area contributed by atoms with Gasteiger partial charge >= 0.3 is 5.97 Å². The van der Waals surface area contributed by atoms with Crippen molar-refractivity contribution in [2.24, 2.45) is 7.05 Å². The molecule has 0 unspecified atom stereocenters. The molecule has 0 radical (unpaired) electrons. The van der Waals surface area contributed by atoms with Crippen LogP contribution in [0.15, 0.2) is 48.5 Å². The topological polar surface area (TPSA) is 64.4 Å². The molecule has 0 aliphatic carbocycles. The Balaban J connectivity index is 0.000000924. The number of aromatic carboxylic acids is 1. The van der Waals surface area contributed by atoms with Crippen LogP contribution in [0.3, 0.4) is 0 Å². The van der Waals surface area contributed by atoms with Crippen LogP contribution in [0.5, 0.6) is 5.75 Å². The summed E-state index contributed by atoms with van der Waals surface area (Å²) < 4.78 is 7.08. The third kappa shape index (κ3) is 3.69. The molecule has 3 aromatic rings. The van der Waals surface area contributed by atoms with Crippen molar-refractivity contribution in [1.82, 2.24) is 9.78 Å². The van der Waals surface area contributed by atoms with Crippen LogP contribution in [-0.4, -0.2) is 20.9 Å². The van der Waals surface area contributed by atoms with Gasteiger partial charge in [-0.3, -0.25) is 4.68 Å². The lowest BCUT2D eigenvalue weighted by molar-refractivity contribution is 0.0687. The van der Waals surface area contributed by atoms with Crippen LogP contribution in [0, 0.1) is 0 Å². The molecular formula is C18H20N2O3. The van der Waals surface area contributed by atoms with Crippen LogP contribution in [0.2, 0.25) is 0 Å². The van der Waals surface area contributed by atoms with Crippen molar-refractivity contribution in [2.45, 2.75) is 20.5 Å². The second-order valence-corrected chi connectivity index (χ2v) is 4.73. The van der Waals surface area contributed by atoms with E-state index in [0.717, 1.165) is 5.56 Å². The number of hydrogen-bond donors (Lipinski definition) is 1. The van der Waals surface area contributed by atoms with Crippen LogP contribution < -0.4 is 4.74 Å². The quantitative estimate of drug-likeness (QED) is 0.794. The molecule has 5 heteroatoms. The van der Waals surface area contributed by atoms with Crippen molar-refractivity contribution in [3.8, 4) is 5.75 Å². The molecule has 0 aliphatic heterocycles. The second kappa shape index (κ2) is 7.45. The van der Waals surface area contributed by atoms with Crippen LogP contribution in [-0.2, 0) is 13.7 Å². The number of fused-ring (bicyclic) bond motifs is 1. The first kappa shape index (κ1) is 16.5. The number of carbonyl (C=O) groups is 1. The van der Waals surface area contributed by atoms with Gasteiger partial charge < -0.3 is 9.84 Å². The fourth-order valence-electron chi connectivity index (χ4n) is 2.26. The van der Waals surface area contributed by atoms with Crippen molar-refractivity contribution in [3.05, 3.63) is 59.8 Å². The Morgan fingerprint density at radius 3 is 2.52 bits per heavy atom. The SMILES string of the molecule is CC.Cn1nc2ccc(OCc3ccccc3)cc2c1C(=O)O. The number of aryl methyl sites for hydroxylation is 1. The number of hydrogen-bond acceptors (Lipinski definition) is 3. The van der Waals surface area contributed by atoms with Gasteiger partial charge in [0.15, 0.2) is 5.69 Å². The fourth-order valence-corrected chi connectivity index (χ4v) is 2.26. The Kier molecular flexibility index (Phi) is 5.36. The third-order valence-corrected chi connectivity index (χ3v) is 3.26. The van der Waals surface area contributed by atoms with Crippen LogP contribution in [0.1, 0.15) is 29.9 Å². The molecule has 0 aliphatic rings. The minimum atomic E-state index is -1.000. The molecular weight excluding hydrogens is 292 g/mol. The summed E-state index contributed by atoms with van der Waals surface area (Å²) in [6.07, 6.45) is 0. The van der Waals surface area contributed by atoms with Crippen LogP contribution >= 0.6 is 0 Å². The van der Waals surface area contributed by atoms with Gasteiger partial charge in [0.05, 0.1) is 5.52 Å². The molecule has 1 N–H and O–H groups in total. The maximum absolute atomic E-state index is 11.3. The molecule has 0 bridgehead atoms. The minimum Gasteiger partial charge on any atom is -0.489 e. The number of aromatic nitrogens is 2. The minimum absolute atomic E-state index is 0.162. The third-order valence-electron chi connectivity index (χ3n) is 3.26. The van der Waals surface area contributed by atoms with E-state index in [1.807, 2.05) is 44.2 Å². The molecule has 1 heterocycles. The molecule has 2 aromatic carbocycles. The smallest absolute Gasteiger partial charge is 0.354 e. The van der Waals surface area contributed by atoms with E-state index in [1.165, 1.54) is 4.68 Å². The normalized spacial score (nSPS) is 10.0. The Morgan fingerprint density at radius 1 is 1.17 bits per heavy atom. The van der Waals surface area contributed by atoms with Gasteiger partial charge in [0.25, 0.3) is 0 Å². The molecule has 0 atom stereocenters. The monoisotopic (exact) mass is 312 g/mol. The van der Waals surface area contributed by atoms with Gasteiger partial charge in [-0.15, -0.1) is 0 Å². The van der Waals surface area contributed by atoms with Gasteiger partial charge in [-0.25, -0.2) is 4.79 Å². The van der Waals surface area contributed by atoms with E-state index in [2.05, 4.69) is 5.10 Å². The van der Waals surface area contributed by atoms with Crippen LogP contribution in [0.25, 0.3) is 10.9 Å². The van der Waals surface area contributed by atoms with E-state index >= 15 is 0 Å². The van der Waals surface area contributed by atoms with Crippen molar-refractivity contribution in [1.29, 1.82) is 0 Å². The summed E-state index contributed by atoms with van der Waals surface area (Å²) in [5.74, 6) is -0.373. The molecule has 23 heavy (non-hydrogen) atoms. The second-order valence-electron chi connectivity index (χ2n) is 4.73. The van der Waals surface area contributed by atoms with E-state index < -0.39 is 5.97 Å². The number of ether oxygens (including phenoxy) is 1. The zero-order valence-electron chi connectivity index (χ0n) is 13.5. The first-order chi connectivity index (χ1) is 11.1. The lowest BCUT2D eigenvalue weighted by atomic mass is 10.2. The first-order valence-electron chi connectivity index (χ1n) is 7.52. The maximum atomic E-state index is 11.3. The number of benzene rings is 2. The molecule has 0 saturated carbocycles. The average molecular weight is 312 g/mol. The Morgan fingerprint density at radius 2 is 1.87 bits per heavy atom. The van der Waals surface area contributed by atoms with E-state index in [-0.39, 0.29) is 5.69 Å². The zero-order valence-corrected chi connectivity index (χ0v) is 13.5. The predicted octanol–water partition coefficient (Wildman–Crippen LogP) is 3.88. The number of carboxylic acids is 1. The highest BCUT2D eigenvalue weighted by Crippen LogP contribution is 2.24. The highest BCUT2D eigenvalue weighted by atomic mass is 16.5. The zero-order chi connectivity index (χ0) is 16.8. The lowest BCUT2D eigenvalue weighted by Crippen LogP contribution is -2.05. The molecule has 0 spiro atoms. The Bertz CT molecular complexity index is 795. The summed E-state index contributed by atoms with van der Waals surface area (Å²) in [4.78, 5) is 11.3. The maximum Gasteiger partial charge on any atom is 0.354 e. The van der Waals surface area contributed by atoms with Gasteiger partial charge in [-0.2, -0.15) is 5.10 Å². The Labute approximate surface area is 135 Å². The molecule has 120 valence electrons. The molecule has 0 fully saturated rings. The summed E-state index contributed by atoms with van der Waals surface area (Å²) in [6, 6.07) is 15.1. The van der Waals surface area contributed by atoms with E-state index in [1.54, 1.807) is 25.2 Å². The number of nitrogens with zero attached hydrogens (tertiary/aromatic N) is 2. The number of carboxylic acid groups (broad SMARTS) is 1. The molecule has 5 nitrogen and oxygen atoms in total. The summed E-state index contributed by atoms with van der Waals surface area (Å²) in [6.45, 7) is 4.44.